The number of rotatable bonds is 10. The molecule has 192 valence electrons. The molecular weight excluding hydrogens is 486 g/mol. The van der Waals surface area contributed by atoms with Gasteiger partial charge in [0.2, 0.25) is 5.82 Å². The number of anilines is 1. The Morgan fingerprint density at radius 3 is 2.46 bits per heavy atom. The number of amides is 1. The Balaban J connectivity index is 1.61. The predicted molar refractivity (Wildman–Crippen MR) is 133 cm³/mol. The van der Waals surface area contributed by atoms with Gasteiger partial charge in [0.1, 0.15) is 18.1 Å². The van der Waals surface area contributed by atoms with Crippen LogP contribution >= 0.6 is 0 Å². The average Bonchev–Trinajstić information content (AvgIpc) is 2.92. The van der Waals surface area contributed by atoms with Crippen molar-refractivity contribution in [3.63, 3.8) is 0 Å². The first kappa shape index (κ1) is 25.6. The van der Waals surface area contributed by atoms with E-state index >= 15 is 0 Å². The van der Waals surface area contributed by atoms with Gasteiger partial charge in [0.05, 0.1) is 31.0 Å². The van der Waals surface area contributed by atoms with E-state index in [9.17, 15) is 13.6 Å². The van der Waals surface area contributed by atoms with Gasteiger partial charge in [-0.15, -0.1) is 0 Å². The summed E-state index contributed by atoms with van der Waals surface area (Å²) in [6, 6.07) is 8.74. The fourth-order valence-corrected chi connectivity index (χ4v) is 3.50. The SMILES string of the molecule is CNCCOc1cc2nccc(Oc3ccc(NC(=O)c4cnccc4OC)c(F)c3F)c2cc1OC. The monoisotopic (exact) mass is 510 g/mol. The van der Waals surface area contributed by atoms with E-state index in [4.69, 9.17) is 18.9 Å². The Labute approximate surface area is 211 Å². The Morgan fingerprint density at radius 1 is 0.919 bits per heavy atom. The normalized spacial score (nSPS) is 10.7. The van der Waals surface area contributed by atoms with Gasteiger partial charge in [0.25, 0.3) is 5.91 Å². The van der Waals surface area contributed by atoms with E-state index in [1.807, 2.05) is 7.05 Å². The van der Waals surface area contributed by atoms with Gasteiger partial charge in [-0.1, -0.05) is 0 Å². The molecule has 0 fully saturated rings. The summed E-state index contributed by atoms with van der Waals surface area (Å²) in [6.45, 7) is 1.05. The van der Waals surface area contributed by atoms with E-state index < -0.39 is 17.5 Å². The van der Waals surface area contributed by atoms with Crippen molar-refractivity contribution in [3.05, 3.63) is 72.2 Å². The molecule has 1 amide bonds. The van der Waals surface area contributed by atoms with Crippen LogP contribution in [0.4, 0.5) is 14.5 Å². The summed E-state index contributed by atoms with van der Waals surface area (Å²) in [5.74, 6) is -2.28. The molecule has 2 aromatic carbocycles. The van der Waals surface area contributed by atoms with Crippen LogP contribution in [0.3, 0.4) is 0 Å². The van der Waals surface area contributed by atoms with E-state index in [0.717, 1.165) is 0 Å². The van der Waals surface area contributed by atoms with Crippen LogP contribution in [-0.4, -0.2) is 50.3 Å². The molecule has 0 saturated heterocycles. The molecule has 4 aromatic rings. The van der Waals surface area contributed by atoms with Gasteiger partial charge in [0, 0.05) is 36.6 Å². The van der Waals surface area contributed by atoms with Crippen molar-refractivity contribution < 1.29 is 32.5 Å². The lowest BCUT2D eigenvalue weighted by molar-refractivity contribution is 0.102. The van der Waals surface area contributed by atoms with Crippen LogP contribution in [0.5, 0.6) is 28.7 Å². The van der Waals surface area contributed by atoms with Crippen molar-refractivity contribution in [2.75, 3.05) is 39.7 Å². The van der Waals surface area contributed by atoms with Crippen LogP contribution in [0.15, 0.2) is 55.0 Å². The zero-order valence-electron chi connectivity index (χ0n) is 20.3. The molecule has 0 aliphatic rings. The number of nitrogens with zero attached hydrogens (tertiary/aromatic N) is 2. The molecule has 0 aliphatic carbocycles. The maximum Gasteiger partial charge on any atom is 0.261 e. The molecule has 0 bridgehead atoms. The van der Waals surface area contributed by atoms with Gasteiger partial charge < -0.3 is 29.6 Å². The van der Waals surface area contributed by atoms with Crippen molar-refractivity contribution in [1.82, 2.24) is 15.3 Å². The highest BCUT2D eigenvalue weighted by Gasteiger charge is 2.20. The number of nitrogens with one attached hydrogen (secondary N) is 2. The minimum atomic E-state index is -1.29. The smallest absolute Gasteiger partial charge is 0.261 e. The summed E-state index contributed by atoms with van der Waals surface area (Å²) >= 11 is 0. The van der Waals surface area contributed by atoms with E-state index in [2.05, 4.69) is 20.6 Å². The molecule has 0 unspecified atom stereocenters. The molecular formula is C26H24F2N4O5. The number of aromatic nitrogens is 2. The molecule has 0 radical (unpaired) electrons. The first-order valence-electron chi connectivity index (χ1n) is 11.2. The second-order valence-corrected chi connectivity index (χ2v) is 7.65. The Kier molecular flexibility index (Phi) is 7.94. The molecule has 0 aliphatic heterocycles. The minimum Gasteiger partial charge on any atom is -0.496 e. The summed E-state index contributed by atoms with van der Waals surface area (Å²) in [5.41, 5.74) is 0.204. The Morgan fingerprint density at radius 2 is 1.70 bits per heavy atom. The molecule has 4 rings (SSSR count). The number of halogens is 2. The molecule has 11 heteroatoms. The molecule has 0 saturated carbocycles. The molecule has 9 nitrogen and oxygen atoms in total. The third-order valence-corrected chi connectivity index (χ3v) is 5.36. The number of carbonyl (C=O) groups excluding carboxylic acids is 1. The van der Waals surface area contributed by atoms with Gasteiger partial charge in [0.15, 0.2) is 23.1 Å². The summed E-state index contributed by atoms with van der Waals surface area (Å²) < 4.78 is 51.9. The number of benzene rings is 2. The number of hydrogen-bond acceptors (Lipinski definition) is 8. The highest BCUT2D eigenvalue weighted by atomic mass is 19.2. The van der Waals surface area contributed by atoms with E-state index in [1.165, 1.54) is 57.1 Å². The standard InChI is InChI=1S/C26H24F2N4O5/c1-29-10-11-36-23-13-18-15(12-22(23)35-3)20(7-9-31-18)37-21-5-4-17(24(27)25(21)28)32-26(33)16-14-30-8-6-19(16)34-2/h4-9,12-14,29H,10-11H2,1-3H3,(H,32,33). The lowest BCUT2D eigenvalue weighted by Crippen LogP contribution is -2.16. The fourth-order valence-electron chi connectivity index (χ4n) is 3.50. The second-order valence-electron chi connectivity index (χ2n) is 7.65. The minimum absolute atomic E-state index is 0.0663. The number of methoxy groups -OCH3 is 2. The van der Waals surface area contributed by atoms with Crippen LogP contribution in [0.2, 0.25) is 0 Å². The third-order valence-electron chi connectivity index (χ3n) is 5.36. The molecule has 0 spiro atoms. The van der Waals surface area contributed by atoms with Gasteiger partial charge in [-0.25, -0.2) is 4.39 Å². The predicted octanol–water partition coefficient (Wildman–Crippen LogP) is 4.57. The number of carbonyl (C=O) groups is 1. The van der Waals surface area contributed by atoms with Crippen molar-refractivity contribution >= 4 is 22.5 Å². The van der Waals surface area contributed by atoms with Crippen molar-refractivity contribution in [1.29, 1.82) is 0 Å². The summed E-state index contributed by atoms with van der Waals surface area (Å²) in [6.07, 6.45) is 4.18. The molecule has 2 aromatic heterocycles. The van der Waals surface area contributed by atoms with E-state index in [1.54, 1.807) is 12.1 Å². The first-order chi connectivity index (χ1) is 18.0. The fraction of sp³-hybridized carbons (Fsp3) is 0.192. The lowest BCUT2D eigenvalue weighted by atomic mass is 10.1. The second kappa shape index (κ2) is 11.5. The number of ether oxygens (including phenoxy) is 4. The van der Waals surface area contributed by atoms with Gasteiger partial charge in [-0.2, -0.15) is 4.39 Å². The molecule has 37 heavy (non-hydrogen) atoms. The van der Waals surface area contributed by atoms with E-state index in [-0.39, 0.29) is 28.5 Å². The quantitative estimate of drug-likeness (QED) is 0.299. The Hall–Kier alpha value is -4.51. The first-order valence-corrected chi connectivity index (χ1v) is 11.2. The zero-order valence-corrected chi connectivity index (χ0v) is 20.3. The Bertz CT molecular complexity index is 1430. The zero-order chi connectivity index (χ0) is 26.4. The average molecular weight is 510 g/mol. The molecule has 0 atom stereocenters. The van der Waals surface area contributed by atoms with Crippen molar-refractivity contribution in [2.45, 2.75) is 0 Å². The topological polar surface area (TPSA) is 104 Å². The van der Waals surface area contributed by atoms with Gasteiger partial charge >= 0.3 is 0 Å². The largest absolute Gasteiger partial charge is 0.496 e. The van der Waals surface area contributed by atoms with Crippen LogP contribution < -0.4 is 29.6 Å². The highest BCUT2D eigenvalue weighted by molar-refractivity contribution is 6.06. The lowest BCUT2D eigenvalue weighted by Gasteiger charge is -2.15. The van der Waals surface area contributed by atoms with E-state index in [0.29, 0.717) is 35.6 Å². The van der Waals surface area contributed by atoms with Crippen LogP contribution in [0.1, 0.15) is 10.4 Å². The molecule has 2 heterocycles. The highest BCUT2D eigenvalue weighted by Crippen LogP contribution is 2.38. The maximum absolute atomic E-state index is 15.0. The molecule has 2 N–H and O–H groups in total. The summed E-state index contributed by atoms with van der Waals surface area (Å²) in [4.78, 5) is 20.7. The van der Waals surface area contributed by atoms with Gasteiger partial charge in [-0.05, 0) is 37.4 Å². The number of hydrogen-bond donors (Lipinski definition) is 2. The number of likely N-dealkylation sites (N-methyl/N-ethyl adjacent to an activating group) is 1. The third kappa shape index (κ3) is 5.51. The number of pyridine rings is 2. The van der Waals surface area contributed by atoms with Crippen LogP contribution in [0.25, 0.3) is 10.9 Å². The maximum atomic E-state index is 15.0. The number of fused-ring (bicyclic) bond motifs is 1. The summed E-state index contributed by atoms with van der Waals surface area (Å²) in [7, 11) is 4.69. The van der Waals surface area contributed by atoms with Crippen molar-refractivity contribution in [2.24, 2.45) is 0 Å². The van der Waals surface area contributed by atoms with Gasteiger partial charge in [-0.3, -0.25) is 14.8 Å². The van der Waals surface area contributed by atoms with Crippen LogP contribution in [0, 0.1) is 11.6 Å². The van der Waals surface area contributed by atoms with Crippen molar-refractivity contribution in [3.8, 4) is 28.7 Å². The summed E-state index contributed by atoms with van der Waals surface area (Å²) in [5, 5.41) is 5.82. The van der Waals surface area contributed by atoms with Crippen LogP contribution in [-0.2, 0) is 0 Å².